The second-order valence-corrected chi connectivity index (χ2v) is 7.18. The van der Waals surface area contributed by atoms with Crippen molar-refractivity contribution in [1.29, 1.82) is 0 Å². The number of nitrogens with one attached hydrogen (secondary N) is 2. The molecule has 22 heavy (non-hydrogen) atoms. The highest BCUT2D eigenvalue weighted by atomic mass is 79.9. The highest BCUT2D eigenvalue weighted by molar-refractivity contribution is 9.10. The second kappa shape index (κ2) is 8.58. The van der Waals surface area contributed by atoms with Crippen LogP contribution in [0.2, 0.25) is 0 Å². The van der Waals surface area contributed by atoms with Gasteiger partial charge in [-0.1, -0.05) is 13.3 Å². The van der Waals surface area contributed by atoms with Crippen molar-refractivity contribution < 1.29 is 13.9 Å². The third kappa shape index (κ3) is 7.31. The van der Waals surface area contributed by atoms with Crippen LogP contribution in [-0.4, -0.2) is 24.3 Å². The van der Waals surface area contributed by atoms with Gasteiger partial charge in [0.05, 0.1) is 6.04 Å². The maximum Gasteiger partial charge on any atom is 0.407 e. The zero-order valence-electron chi connectivity index (χ0n) is 14.0. The van der Waals surface area contributed by atoms with Gasteiger partial charge >= 0.3 is 6.09 Å². The summed E-state index contributed by atoms with van der Waals surface area (Å²) in [6.07, 6.45) is 1.60. The first kappa shape index (κ1) is 19.0. The number of halogens is 1. The molecule has 1 aromatic heterocycles. The van der Waals surface area contributed by atoms with Crippen LogP contribution in [0.25, 0.3) is 0 Å². The molecule has 1 rings (SSSR count). The number of furan rings is 1. The van der Waals surface area contributed by atoms with Crippen LogP contribution in [0.3, 0.4) is 0 Å². The topological polar surface area (TPSA) is 63.5 Å². The number of amides is 1. The first-order valence-electron chi connectivity index (χ1n) is 7.69. The van der Waals surface area contributed by atoms with Gasteiger partial charge in [-0.3, -0.25) is 0 Å². The van der Waals surface area contributed by atoms with Gasteiger partial charge in [0.1, 0.15) is 11.4 Å². The maximum atomic E-state index is 11.7. The lowest BCUT2D eigenvalue weighted by Crippen LogP contribution is -2.43. The lowest BCUT2D eigenvalue weighted by Gasteiger charge is -2.24. The molecule has 1 aromatic rings. The first-order chi connectivity index (χ1) is 10.2. The summed E-state index contributed by atoms with van der Waals surface area (Å²) in [6.45, 7) is 10.2. The molecule has 0 spiro atoms. The number of hydrogen-bond acceptors (Lipinski definition) is 4. The zero-order valence-corrected chi connectivity index (χ0v) is 15.6. The lowest BCUT2D eigenvalue weighted by atomic mass is 10.1. The summed E-state index contributed by atoms with van der Waals surface area (Å²) < 4.78 is 11.5. The minimum atomic E-state index is -0.481. The number of alkyl carbamates (subject to hydrolysis) is 1. The van der Waals surface area contributed by atoms with E-state index in [1.165, 1.54) is 0 Å². The molecule has 1 heterocycles. The monoisotopic (exact) mass is 374 g/mol. The van der Waals surface area contributed by atoms with E-state index in [1.54, 1.807) is 0 Å². The number of ether oxygens (including phenoxy) is 1. The highest BCUT2D eigenvalue weighted by Gasteiger charge is 2.19. The van der Waals surface area contributed by atoms with Gasteiger partial charge in [-0.05, 0) is 62.2 Å². The first-order valence-corrected chi connectivity index (χ1v) is 8.48. The molecule has 2 N–H and O–H groups in total. The Morgan fingerprint density at radius 2 is 2.09 bits per heavy atom. The third-order valence-electron chi connectivity index (χ3n) is 3.04. The molecule has 0 aromatic carbocycles. The molecule has 2 unspecified atom stereocenters. The second-order valence-electron chi connectivity index (χ2n) is 6.40. The summed E-state index contributed by atoms with van der Waals surface area (Å²) in [7, 11) is 0. The average Bonchev–Trinajstić information content (AvgIpc) is 2.81. The Hall–Kier alpha value is -1.01. The van der Waals surface area contributed by atoms with E-state index in [2.05, 4.69) is 33.5 Å². The molecular weight excluding hydrogens is 348 g/mol. The molecule has 0 fully saturated rings. The van der Waals surface area contributed by atoms with Crippen molar-refractivity contribution in [3.05, 3.63) is 22.6 Å². The normalized spacial score (nSPS) is 14.5. The molecule has 0 radical (unpaired) electrons. The van der Waals surface area contributed by atoms with Crippen molar-refractivity contribution in [1.82, 2.24) is 10.6 Å². The van der Waals surface area contributed by atoms with Crippen molar-refractivity contribution >= 4 is 22.0 Å². The van der Waals surface area contributed by atoms with Crippen LogP contribution in [0.5, 0.6) is 0 Å². The maximum absolute atomic E-state index is 11.7. The van der Waals surface area contributed by atoms with E-state index in [0.29, 0.717) is 6.54 Å². The summed E-state index contributed by atoms with van der Waals surface area (Å²) in [5.74, 6) is 0.866. The molecule has 0 saturated carbocycles. The summed E-state index contributed by atoms with van der Waals surface area (Å²) in [6, 6.07) is 4.05. The molecule has 126 valence electrons. The SMILES string of the molecule is CCCC(CNC(=O)OC(C)(C)C)NC(C)c1ccc(Br)o1. The summed E-state index contributed by atoms with van der Waals surface area (Å²) in [5, 5.41) is 6.30. The van der Waals surface area contributed by atoms with Crippen LogP contribution in [0.15, 0.2) is 21.2 Å². The minimum absolute atomic E-state index is 0.0725. The Kier molecular flexibility index (Phi) is 7.42. The standard InChI is InChI=1S/C16H27BrN2O3/c1-6-7-12(10-18-15(20)22-16(3,4)5)19-11(2)13-8-9-14(17)21-13/h8-9,11-12,19H,6-7,10H2,1-5H3,(H,18,20). The van der Waals surface area contributed by atoms with Crippen molar-refractivity contribution in [2.45, 2.75) is 65.1 Å². The molecule has 2 atom stereocenters. The Balaban J connectivity index is 2.49. The Labute approximate surface area is 141 Å². The third-order valence-corrected chi connectivity index (χ3v) is 3.46. The largest absolute Gasteiger partial charge is 0.453 e. The fraction of sp³-hybridized carbons (Fsp3) is 0.688. The van der Waals surface area contributed by atoms with Crippen molar-refractivity contribution in [3.8, 4) is 0 Å². The van der Waals surface area contributed by atoms with Crippen LogP contribution < -0.4 is 10.6 Å². The van der Waals surface area contributed by atoms with Crippen LogP contribution in [-0.2, 0) is 4.74 Å². The van der Waals surface area contributed by atoms with Crippen molar-refractivity contribution in [2.75, 3.05) is 6.54 Å². The van der Waals surface area contributed by atoms with Crippen molar-refractivity contribution in [3.63, 3.8) is 0 Å². The van der Waals surface area contributed by atoms with Crippen LogP contribution in [0, 0.1) is 0 Å². The molecule has 1 amide bonds. The van der Waals surface area contributed by atoms with Gasteiger partial charge in [0.25, 0.3) is 0 Å². The molecule has 6 heteroatoms. The van der Waals surface area contributed by atoms with Gasteiger partial charge in [-0.25, -0.2) is 4.79 Å². The van der Waals surface area contributed by atoms with Gasteiger partial charge in [-0.15, -0.1) is 0 Å². The average molecular weight is 375 g/mol. The zero-order chi connectivity index (χ0) is 16.8. The molecule has 0 saturated heterocycles. The molecule has 0 aliphatic rings. The summed E-state index contributed by atoms with van der Waals surface area (Å²) in [5.41, 5.74) is -0.481. The number of hydrogen-bond donors (Lipinski definition) is 2. The number of carbonyl (C=O) groups is 1. The Morgan fingerprint density at radius 3 is 2.59 bits per heavy atom. The molecule has 0 aliphatic carbocycles. The molecule has 5 nitrogen and oxygen atoms in total. The van der Waals surface area contributed by atoms with E-state index >= 15 is 0 Å². The molecule has 0 aliphatic heterocycles. The van der Waals surface area contributed by atoms with Gasteiger partial charge < -0.3 is 19.8 Å². The highest BCUT2D eigenvalue weighted by Crippen LogP contribution is 2.20. The summed E-state index contributed by atoms with van der Waals surface area (Å²) in [4.78, 5) is 11.7. The van der Waals surface area contributed by atoms with Crippen LogP contribution >= 0.6 is 15.9 Å². The Bertz CT molecular complexity index is 468. The fourth-order valence-corrected chi connectivity index (χ4v) is 2.43. The van der Waals surface area contributed by atoms with Gasteiger partial charge in [0.15, 0.2) is 4.67 Å². The lowest BCUT2D eigenvalue weighted by molar-refractivity contribution is 0.0521. The predicted octanol–water partition coefficient (Wildman–Crippen LogP) is 4.39. The minimum Gasteiger partial charge on any atom is -0.453 e. The fourth-order valence-electron chi connectivity index (χ4n) is 2.11. The smallest absolute Gasteiger partial charge is 0.407 e. The van der Waals surface area contributed by atoms with E-state index in [4.69, 9.17) is 9.15 Å². The van der Waals surface area contributed by atoms with Crippen LogP contribution in [0.1, 0.15) is 59.3 Å². The number of rotatable bonds is 7. The van der Waals surface area contributed by atoms with Gasteiger partial charge in [0, 0.05) is 12.6 Å². The summed E-state index contributed by atoms with van der Waals surface area (Å²) >= 11 is 3.31. The molecular formula is C16H27BrN2O3. The van der Waals surface area contributed by atoms with Gasteiger partial charge in [0.2, 0.25) is 0 Å². The van der Waals surface area contributed by atoms with E-state index in [1.807, 2.05) is 39.8 Å². The number of carbonyl (C=O) groups excluding carboxylic acids is 1. The van der Waals surface area contributed by atoms with E-state index in [0.717, 1.165) is 23.3 Å². The van der Waals surface area contributed by atoms with E-state index in [-0.39, 0.29) is 18.2 Å². The van der Waals surface area contributed by atoms with E-state index in [9.17, 15) is 4.79 Å². The molecule has 0 bridgehead atoms. The Morgan fingerprint density at radius 1 is 1.41 bits per heavy atom. The quantitative estimate of drug-likeness (QED) is 0.742. The van der Waals surface area contributed by atoms with Gasteiger partial charge in [-0.2, -0.15) is 0 Å². The predicted molar refractivity (Wildman–Crippen MR) is 90.9 cm³/mol. The van der Waals surface area contributed by atoms with E-state index < -0.39 is 5.60 Å². The van der Waals surface area contributed by atoms with Crippen molar-refractivity contribution in [2.24, 2.45) is 0 Å². The van der Waals surface area contributed by atoms with Crippen LogP contribution in [0.4, 0.5) is 4.79 Å².